The van der Waals surface area contributed by atoms with Crippen molar-refractivity contribution in [3.8, 4) is 11.1 Å². The van der Waals surface area contributed by atoms with E-state index in [1.165, 1.54) is 33.4 Å². The quantitative estimate of drug-likeness (QED) is 0.476. The van der Waals surface area contributed by atoms with Gasteiger partial charge in [-0.1, -0.05) is 35.9 Å². The first-order chi connectivity index (χ1) is 14.7. The Morgan fingerprint density at radius 1 is 1.00 bits per heavy atom. The van der Waals surface area contributed by atoms with Crippen molar-refractivity contribution in [1.29, 1.82) is 0 Å². The van der Waals surface area contributed by atoms with Gasteiger partial charge < -0.3 is 5.32 Å². The Balaban J connectivity index is 1.71. The summed E-state index contributed by atoms with van der Waals surface area (Å²) in [7, 11) is 0. The highest BCUT2D eigenvalue weighted by atomic mass is 32.1. The molecule has 0 bridgehead atoms. The standard InChI is InChI=1S/C25H25N3O2S/c1-14-6-9-20(17(4)10-14)27-21(29)12-28-13-26-24-23(25(28)30)22(18(5)31-24)19-8-7-15(2)16(3)11-19/h6-11,13H,12H2,1-5H3,(H,27,29). The number of rotatable bonds is 4. The lowest BCUT2D eigenvalue weighted by Gasteiger charge is -2.11. The van der Waals surface area contributed by atoms with Gasteiger partial charge in [-0.05, 0) is 62.9 Å². The van der Waals surface area contributed by atoms with Crippen LogP contribution in [-0.4, -0.2) is 15.5 Å². The van der Waals surface area contributed by atoms with Gasteiger partial charge in [0.25, 0.3) is 5.56 Å². The van der Waals surface area contributed by atoms with Crippen molar-refractivity contribution in [2.24, 2.45) is 0 Å². The summed E-state index contributed by atoms with van der Waals surface area (Å²) in [6, 6.07) is 12.1. The SMILES string of the molecule is Cc1ccc(NC(=O)Cn2cnc3sc(C)c(-c4ccc(C)c(C)c4)c3c2=O)c(C)c1. The smallest absolute Gasteiger partial charge is 0.263 e. The summed E-state index contributed by atoms with van der Waals surface area (Å²) in [6.45, 7) is 10.0. The summed E-state index contributed by atoms with van der Waals surface area (Å²) >= 11 is 1.51. The molecule has 0 saturated carbocycles. The van der Waals surface area contributed by atoms with Crippen molar-refractivity contribution in [3.63, 3.8) is 0 Å². The predicted molar refractivity (Wildman–Crippen MR) is 128 cm³/mol. The molecule has 0 atom stereocenters. The van der Waals surface area contributed by atoms with Gasteiger partial charge in [0.1, 0.15) is 11.4 Å². The monoisotopic (exact) mass is 431 g/mol. The lowest BCUT2D eigenvalue weighted by Crippen LogP contribution is -2.28. The van der Waals surface area contributed by atoms with Crippen molar-refractivity contribution in [1.82, 2.24) is 9.55 Å². The molecule has 4 aromatic rings. The zero-order valence-corrected chi connectivity index (χ0v) is 19.2. The number of aromatic nitrogens is 2. The maximum atomic E-state index is 13.3. The maximum absolute atomic E-state index is 13.3. The summed E-state index contributed by atoms with van der Waals surface area (Å²) in [5.41, 5.74) is 6.96. The van der Waals surface area contributed by atoms with Crippen LogP contribution in [0.5, 0.6) is 0 Å². The molecule has 0 aliphatic heterocycles. The summed E-state index contributed by atoms with van der Waals surface area (Å²) in [6.07, 6.45) is 1.46. The van der Waals surface area contributed by atoms with Crippen LogP contribution in [0.4, 0.5) is 5.69 Å². The summed E-state index contributed by atoms with van der Waals surface area (Å²) in [4.78, 5) is 32.2. The van der Waals surface area contributed by atoms with Crippen LogP contribution in [0, 0.1) is 34.6 Å². The van der Waals surface area contributed by atoms with Gasteiger partial charge in [-0.2, -0.15) is 0 Å². The number of hydrogen-bond acceptors (Lipinski definition) is 4. The highest BCUT2D eigenvalue weighted by molar-refractivity contribution is 7.19. The molecule has 1 amide bonds. The van der Waals surface area contributed by atoms with Crippen molar-refractivity contribution < 1.29 is 4.79 Å². The second kappa shape index (κ2) is 8.12. The Labute approximate surface area is 185 Å². The third kappa shape index (κ3) is 4.03. The van der Waals surface area contributed by atoms with Crippen LogP contribution in [0.15, 0.2) is 47.5 Å². The number of hydrogen-bond donors (Lipinski definition) is 1. The number of amides is 1. The molecule has 31 heavy (non-hydrogen) atoms. The molecule has 2 aromatic heterocycles. The van der Waals surface area contributed by atoms with Gasteiger partial charge in [-0.3, -0.25) is 14.2 Å². The zero-order valence-electron chi connectivity index (χ0n) is 18.4. The lowest BCUT2D eigenvalue weighted by atomic mass is 9.99. The van der Waals surface area contributed by atoms with Crippen LogP contribution >= 0.6 is 11.3 Å². The molecule has 1 N–H and O–H groups in total. The van der Waals surface area contributed by atoms with Gasteiger partial charge in [0.15, 0.2) is 0 Å². The minimum Gasteiger partial charge on any atom is -0.324 e. The Hall–Kier alpha value is -3.25. The number of nitrogens with zero attached hydrogens (tertiary/aromatic N) is 2. The first-order valence-corrected chi connectivity index (χ1v) is 11.0. The lowest BCUT2D eigenvalue weighted by molar-refractivity contribution is -0.116. The van der Waals surface area contributed by atoms with Crippen molar-refractivity contribution in [3.05, 3.63) is 80.2 Å². The zero-order chi connectivity index (χ0) is 22.3. The molecule has 0 spiro atoms. The predicted octanol–water partition coefficient (Wildman–Crippen LogP) is 5.31. The molecule has 6 heteroatoms. The number of anilines is 1. The highest BCUT2D eigenvalue weighted by Gasteiger charge is 2.18. The third-order valence-electron chi connectivity index (χ3n) is 5.62. The van der Waals surface area contributed by atoms with Crippen molar-refractivity contribution >= 4 is 33.1 Å². The van der Waals surface area contributed by atoms with E-state index < -0.39 is 0 Å². The van der Waals surface area contributed by atoms with Crippen LogP contribution in [0.2, 0.25) is 0 Å². The minimum absolute atomic E-state index is 0.0870. The third-order valence-corrected chi connectivity index (χ3v) is 6.63. The fourth-order valence-electron chi connectivity index (χ4n) is 3.79. The fourth-order valence-corrected chi connectivity index (χ4v) is 4.80. The fraction of sp³-hybridized carbons (Fsp3) is 0.240. The Bertz CT molecular complexity index is 1380. The first-order valence-electron chi connectivity index (χ1n) is 10.2. The summed E-state index contributed by atoms with van der Waals surface area (Å²) in [5, 5.41) is 3.48. The first kappa shape index (κ1) is 21.0. The topological polar surface area (TPSA) is 64.0 Å². The van der Waals surface area contributed by atoms with E-state index in [4.69, 9.17) is 0 Å². The molecule has 5 nitrogen and oxygen atoms in total. The Kier molecular flexibility index (Phi) is 5.50. The summed E-state index contributed by atoms with van der Waals surface area (Å²) in [5.74, 6) is -0.255. The van der Waals surface area contributed by atoms with E-state index in [2.05, 4.69) is 36.3 Å². The van der Waals surface area contributed by atoms with Crippen LogP contribution in [-0.2, 0) is 11.3 Å². The van der Waals surface area contributed by atoms with E-state index >= 15 is 0 Å². The van der Waals surface area contributed by atoms with Gasteiger partial charge in [-0.15, -0.1) is 11.3 Å². The molecule has 0 fully saturated rings. The number of thiophene rings is 1. The normalized spacial score (nSPS) is 11.1. The Morgan fingerprint density at radius 3 is 2.48 bits per heavy atom. The largest absolute Gasteiger partial charge is 0.324 e. The minimum atomic E-state index is -0.255. The molecular weight excluding hydrogens is 406 g/mol. The van der Waals surface area contributed by atoms with Crippen molar-refractivity contribution in [2.75, 3.05) is 5.32 Å². The van der Waals surface area contributed by atoms with E-state index in [9.17, 15) is 9.59 Å². The molecule has 0 radical (unpaired) electrons. The van der Waals surface area contributed by atoms with E-state index in [0.29, 0.717) is 10.2 Å². The van der Waals surface area contributed by atoms with E-state index in [1.54, 1.807) is 0 Å². The van der Waals surface area contributed by atoms with E-state index in [1.807, 2.05) is 45.0 Å². The number of carbonyl (C=O) groups is 1. The molecule has 0 aliphatic carbocycles. The van der Waals surface area contributed by atoms with Gasteiger partial charge in [0, 0.05) is 16.1 Å². The average Bonchev–Trinajstić information content (AvgIpc) is 3.05. The van der Waals surface area contributed by atoms with Gasteiger partial charge in [0.05, 0.1) is 11.7 Å². The number of benzene rings is 2. The molecule has 0 saturated heterocycles. The molecule has 0 aliphatic rings. The maximum Gasteiger partial charge on any atom is 0.263 e. The second-order valence-electron chi connectivity index (χ2n) is 8.06. The van der Waals surface area contributed by atoms with Crippen molar-refractivity contribution in [2.45, 2.75) is 41.2 Å². The van der Waals surface area contributed by atoms with Gasteiger partial charge in [0.2, 0.25) is 5.91 Å². The van der Waals surface area contributed by atoms with Crippen LogP contribution in [0.25, 0.3) is 21.3 Å². The number of aryl methyl sites for hydroxylation is 5. The van der Waals surface area contributed by atoms with E-state index in [-0.39, 0.29) is 18.0 Å². The molecule has 0 unspecified atom stereocenters. The van der Waals surface area contributed by atoms with E-state index in [0.717, 1.165) is 32.8 Å². The molecule has 4 rings (SSSR count). The Morgan fingerprint density at radius 2 is 1.77 bits per heavy atom. The van der Waals surface area contributed by atoms with Gasteiger partial charge >= 0.3 is 0 Å². The summed E-state index contributed by atoms with van der Waals surface area (Å²) < 4.78 is 1.39. The molecular formula is C25H25N3O2S. The van der Waals surface area contributed by atoms with Crippen LogP contribution in [0.3, 0.4) is 0 Å². The van der Waals surface area contributed by atoms with Gasteiger partial charge in [-0.25, -0.2) is 4.98 Å². The molecule has 2 heterocycles. The highest BCUT2D eigenvalue weighted by Crippen LogP contribution is 2.36. The average molecular weight is 432 g/mol. The second-order valence-corrected chi connectivity index (χ2v) is 9.26. The van der Waals surface area contributed by atoms with Crippen LogP contribution in [0.1, 0.15) is 27.1 Å². The van der Waals surface area contributed by atoms with Crippen LogP contribution < -0.4 is 10.9 Å². The molecule has 158 valence electrons. The number of nitrogens with one attached hydrogen (secondary N) is 1. The molecule has 2 aromatic carbocycles. The number of carbonyl (C=O) groups excluding carboxylic acids is 1. The number of fused-ring (bicyclic) bond motifs is 1.